The number of nitrogens with zero attached hydrogens (tertiary/aromatic N) is 1. The van der Waals surface area contributed by atoms with Crippen LogP contribution in [-0.4, -0.2) is 89.0 Å². The molecular weight excluding hydrogens is 260 g/mol. The molecule has 2 atom stereocenters. The van der Waals surface area contributed by atoms with Crippen molar-refractivity contribution >= 4 is 0 Å². The van der Waals surface area contributed by atoms with Gasteiger partial charge in [0.05, 0.1) is 38.6 Å². The van der Waals surface area contributed by atoms with Crippen LogP contribution in [0.15, 0.2) is 0 Å². The molecule has 0 spiro atoms. The van der Waals surface area contributed by atoms with Gasteiger partial charge in [0.1, 0.15) is 0 Å². The number of aliphatic hydroxyl groups excluding tert-OH is 1. The molecule has 1 fully saturated rings. The maximum absolute atomic E-state index is 9.72. The fourth-order valence-corrected chi connectivity index (χ4v) is 1.93. The third kappa shape index (κ3) is 9.63. The zero-order valence-electron chi connectivity index (χ0n) is 12.8. The summed E-state index contributed by atoms with van der Waals surface area (Å²) in [6, 6.07) is 0. The first-order chi connectivity index (χ1) is 9.68. The van der Waals surface area contributed by atoms with Gasteiger partial charge < -0.3 is 29.5 Å². The van der Waals surface area contributed by atoms with Crippen LogP contribution in [0.2, 0.25) is 0 Å². The predicted molar refractivity (Wildman–Crippen MR) is 78.0 cm³/mol. The molecule has 20 heavy (non-hydrogen) atoms. The highest BCUT2D eigenvalue weighted by molar-refractivity contribution is 4.64. The van der Waals surface area contributed by atoms with E-state index in [0.29, 0.717) is 26.4 Å². The van der Waals surface area contributed by atoms with Crippen LogP contribution in [0.4, 0.5) is 0 Å². The van der Waals surface area contributed by atoms with Crippen LogP contribution < -0.4 is 5.32 Å². The van der Waals surface area contributed by atoms with Crippen LogP contribution in [0.3, 0.4) is 0 Å². The fourth-order valence-electron chi connectivity index (χ4n) is 1.93. The zero-order valence-corrected chi connectivity index (χ0v) is 12.8. The number of hydrogen-bond donors (Lipinski definition) is 2. The quantitative estimate of drug-likeness (QED) is 0.482. The molecule has 6 nitrogen and oxygen atoms in total. The molecule has 2 N–H and O–H groups in total. The highest BCUT2D eigenvalue weighted by Crippen LogP contribution is 2.11. The smallest absolute Gasteiger partial charge is 0.0897 e. The van der Waals surface area contributed by atoms with Gasteiger partial charge in [0.15, 0.2) is 0 Å². The summed E-state index contributed by atoms with van der Waals surface area (Å²) in [5, 5.41) is 12.9. The summed E-state index contributed by atoms with van der Waals surface area (Å²) in [6.45, 7) is 5.39. The minimum absolute atomic E-state index is 0.222. The van der Waals surface area contributed by atoms with Gasteiger partial charge in [-0.05, 0) is 26.9 Å². The van der Waals surface area contributed by atoms with E-state index in [-0.39, 0.29) is 6.10 Å². The highest BCUT2D eigenvalue weighted by atomic mass is 16.5. The van der Waals surface area contributed by atoms with Gasteiger partial charge in [0, 0.05) is 26.2 Å². The lowest BCUT2D eigenvalue weighted by Gasteiger charge is -2.15. The van der Waals surface area contributed by atoms with E-state index in [2.05, 4.69) is 10.2 Å². The number of rotatable bonds is 12. The van der Waals surface area contributed by atoms with E-state index in [1.54, 1.807) is 0 Å². The lowest BCUT2D eigenvalue weighted by Crippen LogP contribution is -2.33. The summed E-state index contributed by atoms with van der Waals surface area (Å²) in [7, 11) is 4.04. The van der Waals surface area contributed by atoms with E-state index in [0.717, 1.165) is 39.1 Å². The number of ether oxygens (including phenoxy) is 3. The van der Waals surface area contributed by atoms with Gasteiger partial charge in [-0.1, -0.05) is 0 Å². The molecule has 0 aromatic rings. The first kappa shape index (κ1) is 17.8. The summed E-state index contributed by atoms with van der Waals surface area (Å²) in [5.41, 5.74) is 0. The molecule has 0 saturated carbocycles. The summed E-state index contributed by atoms with van der Waals surface area (Å²) in [5.74, 6) is 0. The fraction of sp³-hybridized carbons (Fsp3) is 1.00. The van der Waals surface area contributed by atoms with Crippen LogP contribution >= 0.6 is 0 Å². The summed E-state index contributed by atoms with van der Waals surface area (Å²) in [4.78, 5) is 2.09. The Kier molecular flexibility index (Phi) is 10.2. The van der Waals surface area contributed by atoms with Crippen molar-refractivity contribution in [1.29, 1.82) is 0 Å². The molecule has 0 aromatic carbocycles. The standard InChI is InChI=1S/C14H30N2O4/c1-16(2)6-9-18-8-5-15-10-13(17)11-19-12-14-4-3-7-20-14/h13-15,17H,3-12H2,1-2H3. The number of nitrogens with one attached hydrogen (secondary N) is 1. The SMILES string of the molecule is CN(C)CCOCCNCC(O)COCC1CCCO1. The molecule has 0 aromatic heterocycles. The van der Waals surface area contributed by atoms with Crippen molar-refractivity contribution in [1.82, 2.24) is 10.2 Å². The van der Waals surface area contributed by atoms with Gasteiger partial charge in [0.2, 0.25) is 0 Å². The minimum Gasteiger partial charge on any atom is -0.389 e. The molecule has 6 heteroatoms. The van der Waals surface area contributed by atoms with Crippen molar-refractivity contribution in [2.24, 2.45) is 0 Å². The van der Waals surface area contributed by atoms with Crippen molar-refractivity contribution in [3.8, 4) is 0 Å². The Balaban J connectivity index is 1.81. The normalized spacial score (nSPS) is 20.7. The first-order valence-corrected chi connectivity index (χ1v) is 7.49. The topological polar surface area (TPSA) is 63.2 Å². The molecular formula is C14H30N2O4. The van der Waals surface area contributed by atoms with Crippen LogP contribution in [0, 0.1) is 0 Å². The van der Waals surface area contributed by atoms with Crippen molar-refractivity contribution in [2.45, 2.75) is 25.0 Å². The van der Waals surface area contributed by atoms with Crippen LogP contribution in [0.5, 0.6) is 0 Å². The molecule has 2 unspecified atom stereocenters. The predicted octanol–water partition coefficient (Wildman–Crippen LogP) is -0.289. The Morgan fingerprint density at radius 2 is 2.20 bits per heavy atom. The lowest BCUT2D eigenvalue weighted by molar-refractivity contribution is -0.0167. The molecule has 1 rings (SSSR count). The second-order valence-corrected chi connectivity index (χ2v) is 5.45. The van der Waals surface area contributed by atoms with Crippen LogP contribution in [-0.2, 0) is 14.2 Å². The molecule has 1 aliphatic heterocycles. The van der Waals surface area contributed by atoms with Crippen LogP contribution in [0.25, 0.3) is 0 Å². The van der Waals surface area contributed by atoms with Crippen LogP contribution in [0.1, 0.15) is 12.8 Å². The second-order valence-electron chi connectivity index (χ2n) is 5.45. The molecule has 0 radical (unpaired) electrons. The van der Waals surface area contributed by atoms with E-state index in [1.165, 1.54) is 0 Å². The summed E-state index contributed by atoms with van der Waals surface area (Å²) >= 11 is 0. The Bertz CT molecular complexity index is 223. The number of likely N-dealkylation sites (N-methyl/N-ethyl adjacent to an activating group) is 1. The van der Waals surface area contributed by atoms with Crippen molar-refractivity contribution in [3.63, 3.8) is 0 Å². The third-order valence-electron chi connectivity index (χ3n) is 3.12. The molecule has 0 amide bonds. The molecule has 1 saturated heterocycles. The molecule has 1 heterocycles. The Hall–Kier alpha value is -0.240. The van der Waals surface area contributed by atoms with E-state index in [9.17, 15) is 5.11 Å². The summed E-state index contributed by atoms with van der Waals surface area (Å²) < 4.78 is 16.3. The van der Waals surface area contributed by atoms with E-state index in [1.807, 2.05) is 14.1 Å². The van der Waals surface area contributed by atoms with Gasteiger partial charge in [0.25, 0.3) is 0 Å². The van der Waals surface area contributed by atoms with Gasteiger partial charge >= 0.3 is 0 Å². The Morgan fingerprint density at radius 3 is 2.90 bits per heavy atom. The second kappa shape index (κ2) is 11.4. The van der Waals surface area contributed by atoms with Gasteiger partial charge in [-0.3, -0.25) is 0 Å². The minimum atomic E-state index is -0.474. The third-order valence-corrected chi connectivity index (χ3v) is 3.12. The molecule has 0 bridgehead atoms. The lowest BCUT2D eigenvalue weighted by atomic mass is 10.2. The zero-order chi connectivity index (χ0) is 14.6. The van der Waals surface area contributed by atoms with E-state index < -0.39 is 6.10 Å². The van der Waals surface area contributed by atoms with Crippen molar-refractivity contribution in [2.75, 3.05) is 66.8 Å². The van der Waals surface area contributed by atoms with E-state index in [4.69, 9.17) is 14.2 Å². The molecule has 1 aliphatic rings. The van der Waals surface area contributed by atoms with Gasteiger partial charge in [-0.15, -0.1) is 0 Å². The largest absolute Gasteiger partial charge is 0.389 e. The average Bonchev–Trinajstić information content (AvgIpc) is 2.90. The Morgan fingerprint density at radius 1 is 1.35 bits per heavy atom. The molecule has 120 valence electrons. The van der Waals surface area contributed by atoms with E-state index >= 15 is 0 Å². The monoisotopic (exact) mass is 290 g/mol. The maximum Gasteiger partial charge on any atom is 0.0897 e. The number of aliphatic hydroxyl groups is 1. The van der Waals surface area contributed by atoms with Crippen molar-refractivity contribution in [3.05, 3.63) is 0 Å². The molecule has 0 aliphatic carbocycles. The van der Waals surface area contributed by atoms with Gasteiger partial charge in [-0.2, -0.15) is 0 Å². The highest BCUT2D eigenvalue weighted by Gasteiger charge is 2.15. The van der Waals surface area contributed by atoms with Crippen molar-refractivity contribution < 1.29 is 19.3 Å². The summed E-state index contributed by atoms with van der Waals surface area (Å²) in [6.07, 6.45) is 1.93. The number of hydrogen-bond acceptors (Lipinski definition) is 6. The van der Waals surface area contributed by atoms with Gasteiger partial charge in [-0.25, -0.2) is 0 Å². The maximum atomic E-state index is 9.72. The first-order valence-electron chi connectivity index (χ1n) is 7.49. The Labute approximate surface area is 122 Å². The average molecular weight is 290 g/mol.